The number of likely N-dealkylation sites (N-methyl/N-ethyl adjacent to an activating group) is 1. The monoisotopic (exact) mass is 459 g/mol. The van der Waals surface area contributed by atoms with Crippen molar-refractivity contribution in [2.75, 3.05) is 46.9 Å². The highest BCUT2D eigenvalue weighted by molar-refractivity contribution is 7.88. The summed E-state index contributed by atoms with van der Waals surface area (Å²) in [6.45, 7) is 6.49. The highest BCUT2D eigenvalue weighted by Gasteiger charge is 2.29. The van der Waals surface area contributed by atoms with Gasteiger partial charge in [0.15, 0.2) is 0 Å². The average molecular weight is 460 g/mol. The third-order valence-electron chi connectivity index (χ3n) is 5.76. The Labute approximate surface area is 191 Å². The average Bonchev–Trinajstić information content (AvgIpc) is 2.74. The molecule has 0 unspecified atom stereocenters. The minimum atomic E-state index is -3.39. The summed E-state index contributed by atoms with van der Waals surface area (Å²) in [6, 6.07) is 13.4. The van der Waals surface area contributed by atoms with Gasteiger partial charge < -0.3 is 9.64 Å². The molecule has 0 radical (unpaired) electrons. The molecule has 3 rings (SSSR count). The molecule has 0 aromatic heterocycles. The number of sulfonamides is 1. The maximum absolute atomic E-state index is 12.8. The third kappa shape index (κ3) is 6.09. The summed E-state index contributed by atoms with van der Waals surface area (Å²) in [4.78, 5) is 16.5. The molecule has 0 atom stereocenters. The first-order valence-electron chi connectivity index (χ1n) is 10.8. The van der Waals surface area contributed by atoms with Crippen LogP contribution in [0, 0.1) is 13.8 Å². The van der Waals surface area contributed by atoms with E-state index >= 15 is 0 Å². The van der Waals surface area contributed by atoms with Crippen LogP contribution < -0.4 is 4.74 Å². The van der Waals surface area contributed by atoms with E-state index in [1.165, 1.54) is 4.31 Å². The van der Waals surface area contributed by atoms with E-state index in [1.807, 2.05) is 56.1 Å². The van der Waals surface area contributed by atoms with Crippen molar-refractivity contribution in [1.29, 1.82) is 0 Å². The second-order valence-corrected chi connectivity index (χ2v) is 10.4. The summed E-state index contributed by atoms with van der Waals surface area (Å²) in [5.41, 5.74) is 4.06. The van der Waals surface area contributed by atoms with Gasteiger partial charge in [-0.15, -0.1) is 0 Å². The van der Waals surface area contributed by atoms with Gasteiger partial charge in [-0.1, -0.05) is 42.5 Å². The van der Waals surface area contributed by atoms with Crippen LogP contribution in [0.25, 0.3) is 0 Å². The zero-order chi connectivity index (χ0) is 23.3. The molecule has 1 heterocycles. The molecule has 32 heavy (non-hydrogen) atoms. The van der Waals surface area contributed by atoms with Gasteiger partial charge in [-0.05, 0) is 43.1 Å². The number of nitrogens with zero attached hydrogens (tertiary/aromatic N) is 3. The molecule has 7 nitrogen and oxygen atoms in total. The Morgan fingerprint density at radius 2 is 1.59 bits per heavy atom. The topological polar surface area (TPSA) is 70.2 Å². The number of methoxy groups -OCH3 is 1. The smallest absolute Gasteiger partial charge is 0.236 e. The second kappa shape index (κ2) is 10.5. The molecule has 1 saturated heterocycles. The van der Waals surface area contributed by atoms with E-state index in [4.69, 9.17) is 4.74 Å². The number of hydrogen-bond donors (Lipinski definition) is 0. The van der Waals surface area contributed by atoms with Crippen molar-refractivity contribution in [3.8, 4) is 5.75 Å². The maximum atomic E-state index is 12.8. The quantitative estimate of drug-likeness (QED) is 0.606. The molecular formula is C24H33N3O4S. The summed E-state index contributed by atoms with van der Waals surface area (Å²) in [5, 5.41) is 0. The highest BCUT2D eigenvalue weighted by atomic mass is 32.2. The summed E-state index contributed by atoms with van der Waals surface area (Å²) in [6.07, 6.45) is 0. The lowest BCUT2D eigenvalue weighted by Gasteiger charge is -2.34. The number of carbonyl (C=O) groups is 1. The molecule has 0 saturated carbocycles. The SMILES string of the molecule is COc1c(C)cc(CN(C)CC(=O)N2CCN(S(=O)(=O)Cc3ccccc3)CC2)cc1C. The number of aryl methyl sites for hydroxylation is 2. The summed E-state index contributed by atoms with van der Waals surface area (Å²) >= 11 is 0. The normalized spacial score (nSPS) is 15.2. The molecule has 8 heteroatoms. The van der Waals surface area contributed by atoms with Crippen molar-refractivity contribution in [2.24, 2.45) is 0 Å². The van der Waals surface area contributed by atoms with Crippen molar-refractivity contribution >= 4 is 15.9 Å². The Morgan fingerprint density at radius 3 is 2.16 bits per heavy atom. The van der Waals surface area contributed by atoms with Crippen LogP contribution in [0.3, 0.4) is 0 Å². The second-order valence-electron chi connectivity index (χ2n) is 8.46. The number of hydrogen-bond acceptors (Lipinski definition) is 5. The Hall–Kier alpha value is -2.42. The lowest BCUT2D eigenvalue weighted by molar-refractivity contribution is -0.133. The van der Waals surface area contributed by atoms with E-state index < -0.39 is 10.0 Å². The van der Waals surface area contributed by atoms with E-state index in [-0.39, 0.29) is 11.7 Å². The van der Waals surface area contributed by atoms with E-state index in [0.29, 0.717) is 39.3 Å². The van der Waals surface area contributed by atoms with Crippen LogP contribution in [0.2, 0.25) is 0 Å². The number of amides is 1. The zero-order valence-electron chi connectivity index (χ0n) is 19.4. The first-order chi connectivity index (χ1) is 15.2. The maximum Gasteiger partial charge on any atom is 0.236 e. The van der Waals surface area contributed by atoms with Crippen LogP contribution in [0.4, 0.5) is 0 Å². The first-order valence-corrected chi connectivity index (χ1v) is 12.4. The molecule has 0 aliphatic carbocycles. The zero-order valence-corrected chi connectivity index (χ0v) is 20.2. The van der Waals surface area contributed by atoms with Crippen LogP contribution in [-0.2, 0) is 27.1 Å². The van der Waals surface area contributed by atoms with Crippen LogP contribution in [-0.4, -0.2) is 75.3 Å². The van der Waals surface area contributed by atoms with Gasteiger partial charge in [-0.2, -0.15) is 4.31 Å². The number of benzene rings is 2. The molecule has 2 aromatic rings. The largest absolute Gasteiger partial charge is 0.496 e. The lowest BCUT2D eigenvalue weighted by Crippen LogP contribution is -2.52. The molecule has 1 amide bonds. The van der Waals surface area contributed by atoms with E-state index in [9.17, 15) is 13.2 Å². The molecule has 2 aromatic carbocycles. The van der Waals surface area contributed by atoms with Crippen molar-refractivity contribution < 1.29 is 17.9 Å². The molecule has 174 valence electrons. The van der Waals surface area contributed by atoms with E-state index in [2.05, 4.69) is 12.1 Å². The van der Waals surface area contributed by atoms with Crippen LogP contribution >= 0.6 is 0 Å². The number of ether oxygens (including phenoxy) is 1. The van der Waals surface area contributed by atoms with Crippen molar-refractivity contribution in [3.05, 3.63) is 64.7 Å². The molecule has 0 spiro atoms. The van der Waals surface area contributed by atoms with Crippen LogP contribution in [0.15, 0.2) is 42.5 Å². The number of carbonyl (C=O) groups excluding carboxylic acids is 1. The molecule has 1 aliphatic heterocycles. The van der Waals surface area contributed by atoms with Gasteiger partial charge in [0.1, 0.15) is 5.75 Å². The Bertz CT molecular complexity index is 1010. The van der Waals surface area contributed by atoms with Crippen molar-refractivity contribution in [3.63, 3.8) is 0 Å². The summed E-state index contributed by atoms with van der Waals surface area (Å²) in [5.74, 6) is 0.910. The van der Waals surface area contributed by atoms with Crippen LogP contribution in [0.1, 0.15) is 22.3 Å². The first kappa shape index (κ1) is 24.2. The molecular weight excluding hydrogens is 426 g/mol. The fourth-order valence-corrected chi connectivity index (χ4v) is 5.76. The fourth-order valence-electron chi connectivity index (χ4n) is 4.24. The predicted molar refractivity (Wildman–Crippen MR) is 126 cm³/mol. The number of piperazine rings is 1. The van der Waals surface area contributed by atoms with Gasteiger partial charge in [0.05, 0.1) is 19.4 Å². The Kier molecular flexibility index (Phi) is 7.92. The standard InChI is InChI=1S/C24H33N3O4S/c1-19-14-22(15-20(2)24(19)31-4)16-25(3)17-23(28)26-10-12-27(13-11-26)32(29,30)18-21-8-6-5-7-9-21/h5-9,14-15H,10-13,16-18H2,1-4H3. The Morgan fingerprint density at radius 1 is 1.00 bits per heavy atom. The Balaban J connectivity index is 1.51. The van der Waals surface area contributed by atoms with Gasteiger partial charge in [-0.25, -0.2) is 8.42 Å². The van der Waals surface area contributed by atoms with Crippen LogP contribution in [0.5, 0.6) is 5.75 Å². The fraction of sp³-hybridized carbons (Fsp3) is 0.458. The number of rotatable bonds is 8. The molecule has 1 fully saturated rings. The molecule has 0 bridgehead atoms. The van der Waals surface area contributed by atoms with Gasteiger partial charge in [0, 0.05) is 32.7 Å². The van der Waals surface area contributed by atoms with Crippen molar-refractivity contribution in [1.82, 2.24) is 14.1 Å². The van der Waals surface area contributed by atoms with Gasteiger partial charge >= 0.3 is 0 Å². The minimum absolute atomic E-state index is 0.00871. The van der Waals surface area contributed by atoms with Gasteiger partial charge in [0.2, 0.25) is 15.9 Å². The van der Waals surface area contributed by atoms with Gasteiger partial charge in [-0.3, -0.25) is 9.69 Å². The third-order valence-corrected chi connectivity index (χ3v) is 7.61. The van der Waals surface area contributed by atoms with Gasteiger partial charge in [0.25, 0.3) is 0 Å². The highest BCUT2D eigenvalue weighted by Crippen LogP contribution is 2.24. The summed E-state index contributed by atoms with van der Waals surface area (Å²) < 4.78 is 32.4. The molecule has 1 aliphatic rings. The van der Waals surface area contributed by atoms with E-state index in [0.717, 1.165) is 28.0 Å². The lowest BCUT2D eigenvalue weighted by atomic mass is 10.1. The minimum Gasteiger partial charge on any atom is -0.496 e. The molecule has 0 N–H and O–H groups in total. The van der Waals surface area contributed by atoms with E-state index in [1.54, 1.807) is 12.0 Å². The van der Waals surface area contributed by atoms with Crippen molar-refractivity contribution in [2.45, 2.75) is 26.1 Å². The predicted octanol–water partition coefficient (Wildman–Crippen LogP) is 2.42. The summed E-state index contributed by atoms with van der Waals surface area (Å²) in [7, 11) is 0.209.